The van der Waals surface area contributed by atoms with Gasteiger partial charge in [-0.3, -0.25) is 0 Å². The Hall–Kier alpha value is -1.44. The van der Waals surface area contributed by atoms with E-state index in [9.17, 15) is 0 Å². The molecule has 17 heavy (non-hydrogen) atoms. The number of rotatable bonds is 5. The summed E-state index contributed by atoms with van der Waals surface area (Å²) in [5, 5.41) is 0. The van der Waals surface area contributed by atoms with Crippen LogP contribution in [0, 0.1) is 0 Å². The van der Waals surface area contributed by atoms with Crippen LogP contribution in [0.2, 0.25) is 0 Å². The van der Waals surface area contributed by atoms with Crippen LogP contribution in [0.4, 0.5) is 0 Å². The van der Waals surface area contributed by atoms with E-state index >= 15 is 0 Å². The van der Waals surface area contributed by atoms with Crippen LogP contribution in [0.3, 0.4) is 0 Å². The van der Waals surface area contributed by atoms with Crippen LogP contribution in [-0.4, -0.2) is 13.7 Å². The molecule has 0 amide bonds. The predicted octanol–water partition coefficient (Wildman–Crippen LogP) is 3.96. The Kier molecular flexibility index (Phi) is 4.48. The van der Waals surface area contributed by atoms with Crippen molar-refractivity contribution in [1.29, 1.82) is 0 Å². The van der Waals surface area contributed by atoms with Gasteiger partial charge >= 0.3 is 0 Å². The number of benzene rings is 1. The molecule has 1 aliphatic rings. The fourth-order valence-corrected chi connectivity index (χ4v) is 2.10. The molecule has 2 rings (SSSR count). The monoisotopic (exact) mass is 232 g/mol. The van der Waals surface area contributed by atoms with Crippen molar-refractivity contribution in [3.05, 3.63) is 35.9 Å². The first-order valence-electron chi connectivity index (χ1n) is 6.33. The molecule has 2 heteroatoms. The van der Waals surface area contributed by atoms with E-state index in [1.165, 1.54) is 25.7 Å². The van der Waals surface area contributed by atoms with E-state index < -0.39 is 0 Å². The highest BCUT2D eigenvalue weighted by molar-refractivity contribution is 5.31. The Labute approximate surface area is 103 Å². The highest BCUT2D eigenvalue weighted by atomic mass is 16.5. The number of hydrogen-bond acceptors (Lipinski definition) is 2. The molecule has 0 unspecified atom stereocenters. The van der Waals surface area contributed by atoms with Crippen molar-refractivity contribution in [1.82, 2.24) is 0 Å². The average Bonchev–Trinajstić information content (AvgIpc) is 2.41. The second-order valence-electron chi connectivity index (χ2n) is 4.38. The van der Waals surface area contributed by atoms with E-state index in [-0.39, 0.29) is 0 Å². The third kappa shape index (κ3) is 3.81. The van der Waals surface area contributed by atoms with E-state index in [1.807, 2.05) is 24.3 Å². The van der Waals surface area contributed by atoms with Crippen molar-refractivity contribution in [2.75, 3.05) is 13.7 Å². The lowest BCUT2D eigenvalue weighted by molar-refractivity contribution is 0.318. The van der Waals surface area contributed by atoms with Gasteiger partial charge in [0, 0.05) is 6.42 Å². The van der Waals surface area contributed by atoms with Gasteiger partial charge in [-0.25, -0.2) is 0 Å². The maximum atomic E-state index is 5.71. The fraction of sp³-hybridized carbons (Fsp3) is 0.467. The molecule has 0 radical (unpaired) electrons. The Balaban J connectivity index is 1.75. The molecule has 1 aliphatic carbocycles. The third-order valence-corrected chi connectivity index (χ3v) is 3.14. The summed E-state index contributed by atoms with van der Waals surface area (Å²) >= 11 is 0. The lowest BCUT2D eigenvalue weighted by Crippen LogP contribution is -2.01. The largest absolute Gasteiger partial charge is 0.497 e. The zero-order valence-electron chi connectivity index (χ0n) is 10.4. The molecule has 0 atom stereocenters. The first-order chi connectivity index (χ1) is 8.38. The topological polar surface area (TPSA) is 18.5 Å². The summed E-state index contributed by atoms with van der Waals surface area (Å²) in [6, 6.07) is 7.76. The van der Waals surface area contributed by atoms with E-state index in [2.05, 4.69) is 6.08 Å². The second kappa shape index (κ2) is 6.33. The average molecular weight is 232 g/mol. The van der Waals surface area contributed by atoms with Gasteiger partial charge in [0.1, 0.15) is 11.5 Å². The quantitative estimate of drug-likeness (QED) is 0.715. The third-order valence-electron chi connectivity index (χ3n) is 3.14. The second-order valence-corrected chi connectivity index (χ2v) is 4.38. The smallest absolute Gasteiger partial charge is 0.119 e. The molecule has 0 heterocycles. The minimum atomic E-state index is 0.776. The molecule has 0 aromatic heterocycles. The summed E-state index contributed by atoms with van der Waals surface area (Å²) < 4.78 is 10.8. The number of ether oxygens (including phenoxy) is 2. The van der Waals surface area contributed by atoms with Gasteiger partial charge in [0.05, 0.1) is 13.7 Å². The van der Waals surface area contributed by atoms with Crippen molar-refractivity contribution in [3.63, 3.8) is 0 Å². The predicted molar refractivity (Wildman–Crippen MR) is 69.7 cm³/mol. The van der Waals surface area contributed by atoms with Crippen molar-refractivity contribution in [2.45, 2.75) is 32.1 Å². The first-order valence-corrected chi connectivity index (χ1v) is 6.33. The van der Waals surface area contributed by atoms with Crippen molar-refractivity contribution in [3.8, 4) is 11.5 Å². The van der Waals surface area contributed by atoms with Gasteiger partial charge < -0.3 is 9.47 Å². The lowest BCUT2D eigenvalue weighted by atomic mass is 9.98. The van der Waals surface area contributed by atoms with Crippen molar-refractivity contribution in [2.24, 2.45) is 0 Å². The molecule has 0 bridgehead atoms. The Morgan fingerprint density at radius 1 is 1.06 bits per heavy atom. The minimum absolute atomic E-state index is 0.776. The summed E-state index contributed by atoms with van der Waals surface area (Å²) in [5.74, 6) is 1.79. The summed E-state index contributed by atoms with van der Waals surface area (Å²) in [4.78, 5) is 0. The molecule has 92 valence electrons. The van der Waals surface area contributed by atoms with Gasteiger partial charge in [-0.05, 0) is 49.9 Å². The SMILES string of the molecule is COc1ccc(OCCC2=CCCCC2)cc1. The fourth-order valence-electron chi connectivity index (χ4n) is 2.10. The molecular weight excluding hydrogens is 212 g/mol. The summed E-state index contributed by atoms with van der Waals surface area (Å²) in [5.41, 5.74) is 1.56. The van der Waals surface area contributed by atoms with E-state index in [1.54, 1.807) is 12.7 Å². The Morgan fingerprint density at radius 3 is 2.47 bits per heavy atom. The van der Waals surface area contributed by atoms with Gasteiger partial charge in [-0.2, -0.15) is 0 Å². The molecule has 0 saturated heterocycles. The molecule has 1 aromatic carbocycles. The molecule has 0 aliphatic heterocycles. The van der Waals surface area contributed by atoms with Gasteiger partial charge in [0.2, 0.25) is 0 Å². The van der Waals surface area contributed by atoms with Gasteiger partial charge in [0.15, 0.2) is 0 Å². The molecule has 0 N–H and O–H groups in total. The van der Waals surface area contributed by atoms with Crippen molar-refractivity contribution < 1.29 is 9.47 Å². The molecule has 0 saturated carbocycles. The maximum absolute atomic E-state index is 5.71. The van der Waals surface area contributed by atoms with E-state index in [4.69, 9.17) is 9.47 Å². The van der Waals surface area contributed by atoms with E-state index in [0.717, 1.165) is 24.5 Å². The normalized spacial score (nSPS) is 15.2. The standard InChI is InChI=1S/C15H20O2/c1-16-14-7-9-15(10-8-14)17-12-11-13-5-3-2-4-6-13/h5,7-10H,2-4,6,11-12H2,1H3. The molecule has 2 nitrogen and oxygen atoms in total. The zero-order chi connectivity index (χ0) is 11.9. The number of hydrogen-bond donors (Lipinski definition) is 0. The highest BCUT2D eigenvalue weighted by Gasteiger charge is 2.03. The van der Waals surface area contributed by atoms with Gasteiger partial charge in [-0.15, -0.1) is 0 Å². The lowest BCUT2D eigenvalue weighted by Gasteiger charge is -2.13. The van der Waals surface area contributed by atoms with Crippen molar-refractivity contribution >= 4 is 0 Å². The number of allylic oxidation sites excluding steroid dienone is 1. The Bertz CT molecular complexity index is 365. The molecule has 0 fully saturated rings. The highest BCUT2D eigenvalue weighted by Crippen LogP contribution is 2.21. The van der Waals surface area contributed by atoms with Crippen LogP contribution in [-0.2, 0) is 0 Å². The van der Waals surface area contributed by atoms with Crippen LogP contribution in [0.5, 0.6) is 11.5 Å². The van der Waals surface area contributed by atoms with Crippen LogP contribution in [0.25, 0.3) is 0 Å². The molecule has 1 aromatic rings. The van der Waals surface area contributed by atoms with E-state index in [0.29, 0.717) is 0 Å². The molecular formula is C15H20O2. The molecule has 0 spiro atoms. The maximum Gasteiger partial charge on any atom is 0.119 e. The summed E-state index contributed by atoms with van der Waals surface area (Å²) in [7, 11) is 1.67. The summed E-state index contributed by atoms with van der Waals surface area (Å²) in [6.07, 6.45) is 8.63. The number of methoxy groups -OCH3 is 1. The van der Waals surface area contributed by atoms with Gasteiger partial charge in [0.25, 0.3) is 0 Å². The van der Waals surface area contributed by atoms with Crippen LogP contribution in [0.15, 0.2) is 35.9 Å². The minimum Gasteiger partial charge on any atom is -0.497 e. The van der Waals surface area contributed by atoms with Crippen LogP contribution in [0.1, 0.15) is 32.1 Å². The zero-order valence-corrected chi connectivity index (χ0v) is 10.4. The Morgan fingerprint density at radius 2 is 1.82 bits per heavy atom. The summed E-state index contributed by atoms with van der Waals surface area (Å²) in [6.45, 7) is 0.776. The van der Waals surface area contributed by atoms with Gasteiger partial charge in [-0.1, -0.05) is 11.6 Å². The van der Waals surface area contributed by atoms with Crippen LogP contribution >= 0.6 is 0 Å². The first kappa shape index (κ1) is 12.0. The van der Waals surface area contributed by atoms with Crippen LogP contribution < -0.4 is 9.47 Å².